The van der Waals surface area contributed by atoms with Crippen molar-refractivity contribution in [3.05, 3.63) is 29.8 Å². The molecule has 0 spiro atoms. The number of benzene rings is 1. The Kier molecular flexibility index (Phi) is 7.08. The van der Waals surface area contributed by atoms with Crippen LogP contribution in [0.3, 0.4) is 0 Å². The van der Waals surface area contributed by atoms with Crippen molar-refractivity contribution < 1.29 is 14.3 Å². The average Bonchev–Trinajstić information content (AvgIpc) is 3.21. The minimum Gasteiger partial charge on any atom is -0.466 e. The third-order valence-electron chi connectivity index (χ3n) is 4.82. The first-order valence-electron chi connectivity index (χ1n) is 9.69. The summed E-state index contributed by atoms with van der Waals surface area (Å²) in [6.07, 6.45) is 2.59. The van der Waals surface area contributed by atoms with Gasteiger partial charge in [-0.15, -0.1) is 5.10 Å². The van der Waals surface area contributed by atoms with Gasteiger partial charge in [-0.2, -0.15) is 0 Å². The van der Waals surface area contributed by atoms with Crippen LogP contribution in [0.2, 0.25) is 0 Å². The van der Waals surface area contributed by atoms with Gasteiger partial charge in [-0.1, -0.05) is 43.0 Å². The first-order valence-corrected chi connectivity index (χ1v) is 10.7. The second-order valence-corrected chi connectivity index (χ2v) is 7.68. The lowest BCUT2D eigenvalue weighted by Gasteiger charge is -2.31. The predicted octanol–water partition coefficient (Wildman–Crippen LogP) is 2.93. The van der Waals surface area contributed by atoms with Crippen LogP contribution >= 0.6 is 11.8 Å². The molecule has 8 heteroatoms. The van der Waals surface area contributed by atoms with Crippen molar-refractivity contribution in [2.75, 3.05) is 25.4 Å². The molecule has 1 aliphatic heterocycles. The smallest absolute Gasteiger partial charge is 0.310 e. The number of ether oxygens (including phenoxy) is 1. The Bertz CT molecular complexity index is 806. The monoisotopic (exact) mass is 402 g/mol. The molecule has 150 valence electrons. The molecule has 2 heterocycles. The molecule has 3 rings (SSSR count). The second-order valence-electron chi connectivity index (χ2n) is 6.74. The zero-order valence-corrected chi connectivity index (χ0v) is 17.1. The Balaban J connectivity index is 1.53. The van der Waals surface area contributed by atoms with Crippen LogP contribution in [0.4, 0.5) is 0 Å². The van der Waals surface area contributed by atoms with Gasteiger partial charge >= 0.3 is 5.97 Å². The average molecular weight is 403 g/mol. The number of H-pyrrole nitrogens is 1. The van der Waals surface area contributed by atoms with Gasteiger partial charge in [-0.05, 0) is 31.7 Å². The predicted molar refractivity (Wildman–Crippen MR) is 108 cm³/mol. The van der Waals surface area contributed by atoms with Crippen molar-refractivity contribution in [3.8, 4) is 11.4 Å². The number of esters is 1. The van der Waals surface area contributed by atoms with E-state index in [0.29, 0.717) is 30.7 Å². The minimum atomic E-state index is -0.219. The van der Waals surface area contributed by atoms with Gasteiger partial charge in [0.15, 0.2) is 5.82 Å². The standard InChI is InChI=1S/C20H26N4O3S/c1-3-14-7-9-15(10-8-14)18-21-20(23-22-18)28-13-17(25)24-11-5-6-16(12-24)19(26)27-4-2/h7-10,16H,3-6,11-13H2,1-2H3,(H,21,22,23). The third-order valence-corrected chi connectivity index (χ3v) is 5.65. The van der Waals surface area contributed by atoms with Gasteiger partial charge < -0.3 is 9.64 Å². The van der Waals surface area contributed by atoms with Crippen LogP contribution in [0, 0.1) is 5.92 Å². The van der Waals surface area contributed by atoms with Crippen LogP contribution in [-0.4, -0.2) is 57.4 Å². The zero-order chi connectivity index (χ0) is 19.9. The number of thioether (sulfide) groups is 1. The van der Waals surface area contributed by atoms with E-state index in [1.54, 1.807) is 11.8 Å². The highest BCUT2D eigenvalue weighted by Gasteiger charge is 2.29. The molecular weight excluding hydrogens is 376 g/mol. The highest BCUT2D eigenvalue weighted by molar-refractivity contribution is 7.99. The molecule has 0 saturated carbocycles. The molecule has 1 unspecified atom stereocenters. The van der Waals surface area contributed by atoms with Crippen molar-refractivity contribution in [1.82, 2.24) is 20.1 Å². The van der Waals surface area contributed by atoms with Crippen LogP contribution in [0.15, 0.2) is 29.4 Å². The van der Waals surface area contributed by atoms with Gasteiger partial charge in [-0.3, -0.25) is 14.7 Å². The summed E-state index contributed by atoms with van der Waals surface area (Å²) < 4.78 is 5.09. The first-order chi connectivity index (χ1) is 13.6. The van der Waals surface area contributed by atoms with Crippen LogP contribution in [0.1, 0.15) is 32.3 Å². The number of carbonyl (C=O) groups is 2. The molecule has 28 heavy (non-hydrogen) atoms. The first kappa shape index (κ1) is 20.4. The summed E-state index contributed by atoms with van der Waals surface area (Å²) in [6, 6.07) is 8.18. The van der Waals surface area contributed by atoms with Crippen LogP contribution < -0.4 is 0 Å². The van der Waals surface area contributed by atoms with E-state index in [2.05, 4.69) is 34.2 Å². The fourth-order valence-electron chi connectivity index (χ4n) is 3.21. The van der Waals surface area contributed by atoms with Crippen molar-refractivity contribution in [3.63, 3.8) is 0 Å². The molecule has 1 fully saturated rings. The lowest BCUT2D eigenvalue weighted by Crippen LogP contribution is -2.43. The van der Waals surface area contributed by atoms with E-state index < -0.39 is 0 Å². The van der Waals surface area contributed by atoms with E-state index >= 15 is 0 Å². The molecule has 1 saturated heterocycles. The van der Waals surface area contributed by atoms with Gasteiger partial charge in [0.1, 0.15) is 0 Å². The van der Waals surface area contributed by atoms with Gasteiger partial charge in [0.25, 0.3) is 0 Å². The highest BCUT2D eigenvalue weighted by Crippen LogP contribution is 2.22. The van der Waals surface area contributed by atoms with Crippen LogP contribution in [0.25, 0.3) is 11.4 Å². The molecule has 1 aromatic carbocycles. The molecule has 1 N–H and O–H groups in total. The molecule has 1 amide bonds. The largest absolute Gasteiger partial charge is 0.466 e. The summed E-state index contributed by atoms with van der Waals surface area (Å²) in [5.74, 6) is 0.515. The van der Waals surface area contributed by atoms with E-state index in [9.17, 15) is 9.59 Å². The fraction of sp³-hybridized carbons (Fsp3) is 0.500. The number of aromatic amines is 1. The Labute approximate surface area is 169 Å². The maximum absolute atomic E-state index is 12.5. The van der Waals surface area contributed by atoms with Gasteiger partial charge in [0, 0.05) is 18.7 Å². The van der Waals surface area contributed by atoms with E-state index in [1.165, 1.54) is 17.3 Å². The number of aromatic nitrogens is 3. The number of hydrogen-bond donors (Lipinski definition) is 1. The number of hydrogen-bond acceptors (Lipinski definition) is 6. The highest BCUT2D eigenvalue weighted by atomic mass is 32.2. The third kappa shape index (κ3) is 5.13. The number of piperidine rings is 1. The summed E-state index contributed by atoms with van der Waals surface area (Å²) in [5, 5.41) is 7.68. The van der Waals surface area contributed by atoms with Gasteiger partial charge in [-0.25, -0.2) is 4.98 Å². The summed E-state index contributed by atoms with van der Waals surface area (Å²) >= 11 is 1.30. The summed E-state index contributed by atoms with van der Waals surface area (Å²) in [7, 11) is 0. The number of carbonyl (C=O) groups excluding carboxylic acids is 2. The van der Waals surface area contributed by atoms with Crippen LogP contribution in [0.5, 0.6) is 0 Å². The lowest BCUT2D eigenvalue weighted by molar-refractivity contribution is -0.151. The van der Waals surface area contributed by atoms with E-state index in [4.69, 9.17) is 4.74 Å². The van der Waals surface area contributed by atoms with Gasteiger partial charge in [0.2, 0.25) is 11.1 Å². The quantitative estimate of drug-likeness (QED) is 0.566. The fourth-order valence-corrected chi connectivity index (χ4v) is 3.91. The SMILES string of the molecule is CCOC(=O)C1CCCN(C(=O)CSc2n[nH]c(-c3ccc(CC)cc3)n2)C1. The number of aryl methyl sites for hydroxylation is 1. The molecule has 1 atom stereocenters. The van der Waals surface area contributed by atoms with E-state index in [-0.39, 0.29) is 23.5 Å². The van der Waals surface area contributed by atoms with E-state index in [0.717, 1.165) is 24.8 Å². The lowest BCUT2D eigenvalue weighted by atomic mass is 9.98. The number of nitrogens with zero attached hydrogens (tertiary/aromatic N) is 3. The molecule has 7 nitrogen and oxygen atoms in total. The zero-order valence-electron chi connectivity index (χ0n) is 16.3. The second kappa shape index (κ2) is 9.73. The van der Waals surface area contributed by atoms with Crippen LogP contribution in [-0.2, 0) is 20.7 Å². The molecule has 0 radical (unpaired) electrons. The molecule has 2 aromatic rings. The summed E-state index contributed by atoms with van der Waals surface area (Å²) in [6.45, 7) is 5.39. The van der Waals surface area contributed by atoms with Crippen molar-refractivity contribution in [2.45, 2.75) is 38.3 Å². The normalized spacial score (nSPS) is 16.8. The number of nitrogens with one attached hydrogen (secondary N) is 1. The molecule has 1 aromatic heterocycles. The maximum atomic E-state index is 12.5. The Morgan fingerprint density at radius 3 is 2.79 bits per heavy atom. The number of rotatable bonds is 7. The molecule has 1 aliphatic rings. The Morgan fingerprint density at radius 2 is 2.07 bits per heavy atom. The van der Waals surface area contributed by atoms with Gasteiger partial charge in [0.05, 0.1) is 18.3 Å². The summed E-state index contributed by atoms with van der Waals surface area (Å²) in [5.41, 5.74) is 2.24. The molecule has 0 bridgehead atoms. The van der Waals surface area contributed by atoms with E-state index in [1.807, 2.05) is 12.1 Å². The van der Waals surface area contributed by atoms with Crippen molar-refractivity contribution >= 4 is 23.6 Å². The van der Waals surface area contributed by atoms with Crippen molar-refractivity contribution in [1.29, 1.82) is 0 Å². The number of likely N-dealkylation sites (tertiary alicyclic amines) is 1. The van der Waals surface area contributed by atoms with Crippen molar-refractivity contribution in [2.24, 2.45) is 5.92 Å². The molecular formula is C20H26N4O3S. The topological polar surface area (TPSA) is 88.2 Å². The maximum Gasteiger partial charge on any atom is 0.310 e. The summed E-state index contributed by atoms with van der Waals surface area (Å²) in [4.78, 5) is 30.7. The Morgan fingerprint density at radius 1 is 1.29 bits per heavy atom. The molecule has 0 aliphatic carbocycles. The minimum absolute atomic E-state index is 0.00218. The Hall–Kier alpha value is -2.35. The number of amides is 1.